The minimum Gasteiger partial charge on any atom is -0.492 e. The van der Waals surface area contributed by atoms with Crippen LogP contribution in [0.2, 0.25) is 0 Å². The molecule has 0 fully saturated rings. The lowest BCUT2D eigenvalue weighted by atomic mass is 9.89. The number of rotatable bonds is 2. The average molecular weight is 393 g/mol. The van der Waals surface area contributed by atoms with Gasteiger partial charge in [0, 0.05) is 11.5 Å². The van der Waals surface area contributed by atoms with Crippen molar-refractivity contribution in [2.75, 3.05) is 18.1 Å². The molecule has 4 aromatic rings. The molecule has 6 heteroatoms. The number of ether oxygens (including phenoxy) is 1. The SMILES string of the molecule is CC1COc2c1c(-c1cccc(-c3cccc(C#N)c3)c1)cc1nc(N)nc(N)c21. The lowest BCUT2D eigenvalue weighted by Crippen LogP contribution is -2.02. The Morgan fingerprint density at radius 2 is 1.73 bits per heavy atom. The highest BCUT2D eigenvalue weighted by Crippen LogP contribution is 2.47. The standard InChI is InChI=1S/C24H19N5O/c1-13-12-30-22-20(13)18(10-19-21(22)23(26)29-24(27)28-19)17-7-3-6-16(9-17)15-5-2-4-14(8-15)11-25/h2-10,13H,12H2,1H3,(H4,26,27,28,29). The summed E-state index contributed by atoms with van der Waals surface area (Å²) in [6, 6.07) is 20.1. The zero-order chi connectivity index (χ0) is 20.8. The van der Waals surface area contributed by atoms with Crippen molar-refractivity contribution in [3.05, 3.63) is 65.7 Å². The van der Waals surface area contributed by atoms with E-state index in [4.69, 9.17) is 16.2 Å². The van der Waals surface area contributed by atoms with Crippen molar-refractivity contribution in [3.8, 4) is 34.1 Å². The third-order valence-corrected chi connectivity index (χ3v) is 5.49. The van der Waals surface area contributed by atoms with Gasteiger partial charge in [0.1, 0.15) is 11.6 Å². The van der Waals surface area contributed by atoms with Gasteiger partial charge < -0.3 is 16.2 Å². The van der Waals surface area contributed by atoms with Crippen LogP contribution in [0.5, 0.6) is 5.75 Å². The van der Waals surface area contributed by atoms with Crippen LogP contribution >= 0.6 is 0 Å². The van der Waals surface area contributed by atoms with Gasteiger partial charge in [-0.05, 0) is 46.5 Å². The Bertz CT molecular complexity index is 1360. The first-order chi connectivity index (χ1) is 14.5. The average Bonchev–Trinajstić information content (AvgIpc) is 3.14. The lowest BCUT2D eigenvalue weighted by molar-refractivity contribution is 0.340. The van der Waals surface area contributed by atoms with Crippen molar-refractivity contribution >= 4 is 22.7 Å². The van der Waals surface area contributed by atoms with Crippen LogP contribution in [0.4, 0.5) is 11.8 Å². The Labute approximate surface area is 173 Å². The van der Waals surface area contributed by atoms with Crippen molar-refractivity contribution < 1.29 is 4.74 Å². The molecule has 1 aliphatic rings. The minimum absolute atomic E-state index is 0.138. The number of fused-ring (bicyclic) bond motifs is 3. The van der Waals surface area contributed by atoms with Crippen LogP contribution in [-0.2, 0) is 0 Å². The van der Waals surface area contributed by atoms with Gasteiger partial charge in [-0.15, -0.1) is 0 Å². The zero-order valence-electron chi connectivity index (χ0n) is 16.4. The van der Waals surface area contributed by atoms with Gasteiger partial charge in [0.2, 0.25) is 5.95 Å². The summed E-state index contributed by atoms with van der Waals surface area (Å²) in [6.07, 6.45) is 0. The zero-order valence-corrected chi connectivity index (χ0v) is 16.4. The molecule has 5 rings (SSSR count). The van der Waals surface area contributed by atoms with Crippen LogP contribution in [0.15, 0.2) is 54.6 Å². The van der Waals surface area contributed by atoms with E-state index in [0.29, 0.717) is 28.9 Å². The van der Waals surface area contributed by atoms with Crippen LogP contribution in [0.1, 0.15) is 24.0 Å². The summed E-state index contributed by atoms with van der Waals surface area (Å²) in [7, 11) is 0. The molecule has 1 atom stereocenters. The molecule has 6 nitrogen and oxygen atoms in total. The van der Waals surface area contributed by atoms with Crippen LogP contribution in [0, 0.1) is 11.3 Å². The third-order valence-electron chi connectivity index (χ3n) is 5.49. The summed E-state index contributed by atoms with van der Waals surface area (Å²) >= 11 is 0. The first-order valence-corrected chi connectivity index (χ1v) is 9.68. The molecular formula is C24H19N5O. The fourth-order valence-electron chi connectivity index (χ4n) is 4.13. The van der Waals surface area contributed by atoms with E-state index < -0.39 is 0 Å². The highest BCUT2D eigenvalue weighted by molar-refractivity contribution is 6.00. The fraction of sp³-hybridized carbons (Fsp3) is 0.125. The van der Waals surface area contributed by atoms with E-state index in [-0.39, 0.29) is 11.9 Å². The van der Waals surface area contributed by atoms with E-state index in [2.05, 4.69) is 35.1 Å². The highest BCUT2D eigenvalue weighted by atomic mass is 16.5. The van der Waals surface area contributed by atoms with Crippen LogP contribution in [0.25, 0.3) is 33.2 Å². The van der Waals surface area contributed by atoms with Gasteiger partial charge in [0.05, 0.1) is 29.1 Å². The molecule has 0 aliphatic carbocycles. The number of nitrogens with zero attached hydrogens (tertiary/aromatic N) is 3. The first-order valence-electron chi connectivity index (χ1n) is 9.68. The number of nitriles is 1. The summed E-state index contributed by atoms with van der Waals surface area (Å²) in [5.74, 6) is 1.42. The van der Waals surface area contributed by atoms with Crippen molar-refractivity contribution in [1.82, 2.24) is 9.97 Å². The van der Waals surface area contributed by atoms with E-state index in [1.165, 1.54) is 0 Å². The number of nitrogen functional groups attached to an aromatic ring is 2. The number of nitrogens with two attached hydrogens (primary N) is 2. The number of hydrogen-bond acceptors (Lipinski definition) is 6. The molecule has 1 aliphatic heterocycles. The van der Waals surface area contributed by atoms with Gasteiger partial charge in [-0.2, -0.15) is 10.2 Å². The molecule has 0 saturated heterocycles. The number of anilines is 2. The van der Waals surface area contributed by atoms with Crippen LogP contribution < -0.4 is 16.2 Å². The number of benzene rings is 3. The molecule has 0 amide bonds. The second-order valence-electron chi connectivity index (χ2n) is 7.51. The summed E-state index contributed by atoms with van der Waals surface area (Å²) in [5.41, 5.74) is 18.5. The Hall–Kier alpha value is -4.11. The van der Waals surface area contributed by atoms with Gasteiger partial charge >= 0.3 is 0 Å². The Morgan fingerprint density at radius 3 is 2.53 bits per heavy atom. The van der Waals surface area contributed by atoms with Crippen molar-refractivity contribution in [1.29, 1.82) is 5.26 Å². The van der Waals surface area contributed by atoms with E-state index in [9.17, 15) is 5.26 Å². The van der Waals surface area contributed by atoms with Gasteiger partial charge in [-0.3, -0.25) is 0 Å². The minimum atomic E-state index is 0.138. The molecule has 1 unspecified atom stereocenters. The smallest absolute Gasteiger partial charge is 0.222 e. The molecular weight excluding hydrogens is 374 g/mol. The summed E-state index contributed by atoms with van der Waals surface area (Å²) in [5, 5.41) is 9.94. The predicted octanol–water partition coefficient (Wildman–Crippen LogP) is 4.50. The van der Waals surface area contributed by atoms with Crippen molar-refractivity contribution in [2.45, 2.75) is 12.8 Å². The largest absolute Gasteiger partial charge is 0.492 e. The monoisotopic (exact) mass is 393 g/mol. The van der Waals surface area contributed by atoms with E-state index >= 15 is 0 Å². The van der Waals surface area contributed by atoms with Gasteiger partial charge in [0.15, 0.2) is 0 Å². The van der Waals surface area contributed by atoms with Gasteiger partial charge in [-0.25, -0.2) is 4.98 Å². The lowest BCUT2D eigenvalue weighted by Gasteiger charge is -2.15. The molecule has 0 saturated carbocycles. The molecule has 0 spiro atoms. The fourth-order valence-corrected chi connectivity index (χ4v) is 4.13. The topological polar surface area (TPSA) is 111 Å². The van der Waals surface area contributed by atoms with E-state index in [1.54, 1.807) is 6.07 Å². The summed E-state index contributed by atoms with van der Waals surface area (Å²) in [6.45, 7) is 2.71. The molecule has 0 radical (unpaired) electrons. The molecule has 1 aromatic heterocycles. The number of hydrogen-bond donors (Lipinski definition) is 2. The molecule has 30 heavy (non-hydrogen) atoms. The maximum Gasteiger partial charge on any atom is 0.222 e. The Morgan fingerprint density at radius 1 is 1.00 bits per heavy atom. The second kappa shape index (κ2) is 6.75. The predicted molar refractivity (Wildman–Crippen MR) is 118 cm³/mol. The van der Waals surface area contributed by atoms with Crippen molar-refractivity contribution in [3.63, 3.8) is 0 Å². The van der Waals surface area contributed by atoms with Crippen LogP contribution in [-0.4, -0.2) is 16.6 Å². The molecule has 4 N–H and O–H groups in total. The summed E-state index contributed by atoms with van der Waals surface area (Å²) < 4.78 is 6.02. The van der Waals surface area contributed by atoms with E-state index in [0.717, 1.165) is 33.6 Å². The maximum atomic E-state index is 9.23. The molecule has 3 aromatic carbocycles. The quantitative estimate of drug-likeness (QED) is 0.519. The highest BCUT2D eigenvalue weighted by Gasteiger charge is 2.29. The van der Waals surface area contributed by atoms with E-state index in [1.807, 2.05) is 36.4 Å². The maximum absolute atomic E-state index is 9.23. The second-order valence-corrected chi connectivity index (χ2v) is 7.51. The molecule has 2 heterocycles. The third kappa shape index (κ3) is 2.80. The van der Waals surface area contributed by atoms with Gasteiger partial charge in [0.25, 0.3) is 0 Å². The Balaban J connectivity index is 1.74. The van der Waals surface area contributed by atoms with Crippen LogP contribution in [0.3, 0.4) is 0 Å². The molecule has 146 valence electrons. The van der Waals surface area contributed by atoms with Gasteiger partial charge in [-0.1, -0.05) is 37.3 Å². The van der Waals surface area contributed by atoms with Crippen molar-refractivity contribution in [2.24, 2.45) is 0 Å². The molecule has 0 bridgehead atoms. The Kier molecular flexibility index (Phi) is 4.04. The number of aromatic nitrogens is 2. The summed E-state index contributed by atoms with van der Waals surface area (Å²) in [4.78, 5) is 8.51. The first kappa shape index (κ1) is 18.0. The normalized spacial score (nSPS) is 14.9.